The second-order valence-corrected chi connectivity index (χ2v) is 20.4. The van der Waals surface area contributed by atoms with Crippen LogP contribution >= 0.6 is 0 Å². The zero-order valence-electron chi connectivity index (χ0n) is 35.8. The number of carbonyl (C=O) groups is 4. The van der Waals surface area contributed by atoms with Crippen LogP contribution < -0.4 is 24.8 Å². The van der Waals surface area contributed by atoms with Crippen molar-refractivity contribution >= 4 is 44.9 Å². The SMILES string of the molecule is CC1CCC=CC2CC2(C(=O)NS(=O)(=O)C2(C)CC2)NC(=O)C2CC(Oc3nc4cc(OC(C)C)ccc4nc3C(F)(F)F)CN2C(=O)C(NC(=O)OC(C)(C)C(F)(F)F)C(C)C1. The fourth-order valence-corrected chi connectivity index (χ4v) is 9.14. The van der Waals surface area contributed by atoms with E-state index < -0.39 is 117 Å². The second-order valence-electron chi connectivity index (χ2n) is 18.2. The van der Waals surface area contributed by atoms with Gasteiger partial charge >= 0.3 is 18.4 Å². The van der Waals surface area contributed by atoms with Gasteiger partial charge in [0.05, 0.1) is 28.4 Å². The van der Waals surface area contributed by atoms with Gasteiger partial charge in [0.15, 0.2) is 0 Å². The van der Waals surface area contributed by atoms with Crippen molar-refractivity contribution < 1.29 is 68.1 Å². The molecule has 1 saturated heterocycles. The van der Waals surface area contributed by atoms with Crippen molar-refractivity contribution in [1.29, 1.82) is 0 Å². The van der Waals surface area contributed by atoms with Crippen molar-refractivity contribution in [3.63, 3.8) is 0 Å². The van der Waals surface area contributed by atoms with E-state index in [-0.39, 0.29) is 41.6 Å². The number of hydrogen-bond acceptors (Lipinski definition) is 11. The van der Waals surface area contributed by atoms with E-state index in [0.717, 1.165) is 4.90 Å². The van der Waals surface area contributed by atoms with Gasteiger partial charge in [-0.05, 0) is 97.1 Å². The molecule has 348 valence electrons. The molecule has 2 aliphatic heterocycles. The highest BCUT2D eigenvalue weighted by molar-refractivity contribution is 7.91. The molecule has 2 aromatic rings. The molecular formula is C41H52F6N6O9S. The maximum atomic E-state index is 14.8. The van der Waals surface area contributed by atoms with Crippen LogP contribution in [0.2, 0.25) is 0 Å². The van der Waals surface area contributed by atoms with Gasteiger partial charge in [-0.15, -0.1) is 0 Å². The van der Waals surface area contributed by atoms with E-state index in [1.165, 1.54) is 25.1 Å². The Morgan fingerprint density at radius 3 is 2.32 bits per heavy atom. The lowest BCUT2D eigenvalue weighted by molar-refractivity contribution is -0.244. The van der Waals surface area contributed by atoms with Crippen LogP contribution in [0.3, 0.4) is 0 Å². The van der Waals surface area contributed by atoms with E-state index in [1.807, 2.05) is 6.92 Å². The predicted molar refractivity (Wildman–Crippen MR) is 213 cm³/mol. The smallest absolute Gasteiger partial charge is 0.438 e. The number of alkyl halides is 6. The predicted octanol–water partition coefficient (Wildman–Crippen LogP) is 6.11. The van der Waals surface area contributed by atoms with E-state index in [2.05, 4.69) is 25.3 Å². The Labute approximate surface area is 360 Å². The number of fused-ring (bicyclic) bond motifs is 3. The Bertz CT molecular complexity index is 2270. The summed E-state index contributed by atoms with van der Waals surface area (Å²) in [4.78, 5) is 65.2. The first-order valence-corrected chi connectivity index (χ1v) is 22.2. The lowest BCUT2D eigenvalue weighted by Gasteiger charge is -2.34. The molecule has 15 nitrogen and oxygen atoms in total. The highest BCUT2D eigenvalue weighted by Crippen LogP contribution is 2.48. The minimum Gasteiger partial charge on any atom is -0.491 e. The van der Waals surface area contributed by atoms with Gasteiger partial charge in [0.2, 0.25) is 39.0 Å². The first-order chi connectivity index (χ1) is 29.1. The number of hydrogen-bond donors (Lipinski definition) is 3. The zero-order chi connectivity index (χ0) is 46.7. The van der Waals surface area contributed by atoms with Crippen LogP contribution in [0.25, 0.3) is 11.0 Å². The average molecular weight is 919 g/mol. The monoisotopic (exact) mass is 918 g/mol. The molecular weight excluding hydrogens is 867 g/mol. The molecule has 4 aliphatic rings. The van der Waals surface area contributed by atoms with Crippen LogP contribution in [0.5, 0.6) is 11.6 Å². The van der Waals surface area contributed by atoms with Crippen molar-refractivity contribution in [3.8, 4) is 11.6 Å². The third kappa shape index (κ3) is 10.2. The summed E-state index contributed by atoms with van der Waals surface area (Å²) in [5.74, 6) is -5.42. The highest BCUT2D eigenvalue weighted by atomic mass is 32.2. The van der Waals surface area contributed by atoms with Gasteiger partial charge < -0.3 is 29.7 Å². The maximum absolute atomic E-state index is 14.8. The minimum absolute atomic E-state index is 0.0321. The summed E-state index contributed by atoms with van der Waals surface area (Å²) >= 11 is 0. The molecule has 0 radical (unpaired) electrons. The number of benzene rings is 1. The maximum Gasteiger partial charge on any atom is 0.438 e. The van der Waals surface area contributed by atoms with E-state index in [4.69, 9.17) is 14.2 Å². The quantitative estimate of drug-likeness (QED) is 0.194. The van der Waals surface area contributed by atoms with Gasteiger partial charge in [0.1, 0.15) is 29.5 Å². The number of rotatable bonds is 9. The molecule has 6 rings (SSSR count). The third-order valence-electron chi connectivity index (χ3n) is 12.1. The summed E-state index contributed by atoms with van der Waals surface area (Å²) in [5.41, 5.74) is -6.51. The van der Waals surface area contributed by atoms with Gasteiger partial charge in [0, 0.05) is 18.4 Å². The minimum atomic E-state index is -5.10. The molecule has 1 aromatic carbocycles. The van der Waals surface area contributed by atoms with Gasteiger partial charge in [-0.1, -0.05) is 26.0 Å². The first-order valence-electron chi connectivity index (χ1n) is 20.7. The lowest BCUT2D eigenvalue weighted by atomic mass is 9.88. The molecule has 3 fully saturated rings. The van der Waals surface area contributed by atoms with Crippen molar-refractivity contribution in [2.45, 2.75) is 146 Å². The molecule has 4 amide bonds. The number of allylic oxidation sites excluding steroid dienone is 1. The van der Waals surface area contributed by atoms with E-state index in [0.29, 0.717) is 39.5 Å². The summed E-state index contributed by atoms with van der Waals surface area (Å²) in [5, 5.41) is 4.89. The largest absolute Gasteiger partial charge is 0.491 e. The van der Waals surface area contributed by atoms with Gasteiger partial charge in [0.25, 0.3) is 5.91 Å². The highest BCUT2D eigenvalue weighted by Gasteiger charge is 2.63. The van der Waals surface area contributed by atoms with Crippen molar-refractivity contribution in [1.82, 2.24) is 30.2 Å². The van der Waals surface area contributed by atoms with Crippen LogP contribution in [-0.2, 0) is 35.3 Å². The van der Waals surface area contributed by atoms with Crippen LogP contribution in [0, 0.1) is 17.8 Å². The van der Waals surface area contributed by atoms with Crippen molar-refractivity contribution in [2.75, 3.05) is 6.54 Å². The molecule has 7 atom stereocenters. The molecule has 0 spiro atoms. The standard InChI is InChI=1S/C41H52F6N6O9S/c1-21(2)60-25-12-13-27-28(17-25)49-33(31(48-27)40(42,43)44)61-26-18-29-32(54)51-39(35(56)52-63(58,59)38(7)14-15-38)19-24(39)11-9-8-10-22(3)16-23(4)30(34(55)53(29)20-26)50-36(57)62-37(5,6)41(45,46)47/h9,11-13,17,21-24,26,29-30H,8,10,14-16,18-20H2,1-7H3,(H,50,57)(H,51,54)(H,52,56). The number of aromatic nitrogens is 2. The molecule has 2 aliphatic carbocycles. The number of nitrogens with one attached hydrogen (secondary N) is 3. The Morgan fingerprint density at radius 2 is 1.70 bits per heavy atom. The molecule has 63 heavy (non-hydrogen) atoms. The first kappa shape index (κ1) is 47.6. The van der Waals surface area contributed by atoms with Gasteiger partial charge in [-0.25, -0.2) is 23.2 Å². The fourth-order valence-electron chi connectivity index (χ4n) is 7.83. The number of halogens is 6. The summed E-state index contributed by atoms with van der Waals surface area (Å²) < 4.78 is 129. The summed E-state index contributed by atoms with van der Waals surface area (Å²) in [6.07, 6.45) is -8.71. The molecule has 3 N–H and O–H groups in total. The molecule has 7 unspecified atom stereocenters. The number of carbonyl (C=O) groups excluding carboxylic acids is 4. The average Bonchev–Trinajstić information content (AvgIpc) is 4.03. The van der Waals surface area contributed by atoms with Gasteiger partial charge in [-0.2, -0.15) is 26.3 Å². The normalized spacial score (nSPS) is 27.9. The van der Waals surface area contributed by atoms with Crippen molar-refractivity contribution in [3.05, 3.63) is 36.0 Å². The summed E-state index contributed by atoms with van der Waals surface area (Å²) in [6.45, 7) is 8.98. The second kappa shape index (κ2) is 16.9. The Hall–Kier alpha value is -4.89. The molecule has 0 bridgehead atoms. The Kier molecular flexibility index (Phi) is 12.8. The Balaban J connectivity index is 1.39. The number of sulfonamides is 1. The third-order valence-corrected chi connectivity index (χ3v) is 14.2. The molecule has 2 saturated carbocycles. The number of nitrogens with zero attached hydrogens (tertiary/aromatic N) is 3. The molecule has 1 aromatic heterocycles. The van der Waals surface area contributed by atoms with Gasteiger partial charge in [-0.3, -0.25) is 19.1 Å². The zero-order valence-corrected chi connectivity index (χ0v) is 36.6. The topological polar surface area (TPSA) is 195 Å². The molecule has 22 heteroatoms. The van der Waals surface area contributed by atoms with Crippen LogP contribution in [0.15, 0.2) is 30.4 Å². The number of amides is 4. The molecule has 3 heterocycles. The van der Waals surface area contributed by atoms with Crippen LogP contribution in [0.1, 0.15) is 99.1 Å². The fraction of sp³-hybridized carbons (Fsp3) is 0.659. The van der Waals surface area contributed by atoms with E-state index in [9.17, 15) is 53.9 Å². The Morgan fingerprint density at radius 1 is 1.02 bits per heavy atom. The lowest BCUT2D eigenvalue weighted by Crippen LogP contribution is -2.59. The van der Waals surface area contributed by atoms with Crippen LogP contribution in [0.4, 0.5) is 31.1 Å². The number of ether oxygens (including phenoxy) is 3. The number of alkyl carbamates (subject to hydrolysis) is 1. The summed E-state index contributed by atoms with van der Waals surface area (Å²) in [6, 6.07) is 0.792. The van der Waals surface area contributed by atoms with E-state index in [1.54, 1.807) is 32.9 Å². The van der Waals surface area contributed by atoms with Crippen LogP contribution in [-0.4, -0.2) is 100 Å². The summed E-state index contributed by atoms with van der Waals surface area (Å²) in [7, 11) is -4.19. The van der Waals surface area contributed by atoms with E-state index >= 15 is 0 Å². The van der Waals surface area contributed by atoms with Crippen molar-refractivity contribution in [2.24, 2.45) is 17.8 Å².